The van der Waals surface area contributed by atoms with E-state index < -0.39 is 0 Å². The quantitative estimate of drug-likeness (QED) is 0.225. The van der Waals surface area contributed by atoms with Crippen LogP contribution in [0.5, 0.6) is 17.2 Å². The molecule has 2 atom stereocenters. The first-order valence-electron chi connectivity index (χ1n) is 12.8. The summed E-state index contributed by atoms with van der Waals surface area (Å²) in [5, 5.41) is 4.20. The number of para-hydroxylation sites is 1. The van der Waals surface area contributed by atoms with E-state index in [-0.39, 0.29) is 12.1 Å². The van der Waals surface area contributed by atoms with Crippen molar-refractivity contribution in [3.63, 3.8) is 0 Å². The van der Waals surface area contributed by atoms with Gasteiger partial charge in [0.1, 0.15) is 23.3 Å². The molecule has 7 heteroatoms. The molecule has 6 rings (SSSR count). The summed E-state index contributed by atoms with van der Waals surface area (Å²) in [5.41, 5.74) is 5.36. The second-order valence-electron chi connectivity index (χ2n) is 9.36. The van der Waals surface area contributed by atoms with Gasteiger partial charge in [0.05, 0.1) is 18.8 Å². The number of aromatic nitrogens is 2. The molecule has 6 nitrogen and oxygen atoms in total. The summed E-state index contributed by atoms with van der Waals surface area (Å²) in [4.78, 5) is 6.87. The lowest BCUT2D eigenvalue weighted by Gasteiger charge is -2.29. The highest BCUT2D eigenvalue weighted by atomic mass is 32.1. The van der Waals surface area contributed by atoms with Crippen molar-refractivity contribution in [2.24, 2.45) is 0 Å². The Morgan fingerprint density at radius 3 is 2.18 bits per heavy atom. The van der Waals surface area contributed by atoms with E-state index in [2.05, 4.69) is 69.3 Å². The van der Waals surface area contributed by atoms with Crippen molar-refractivity contribution in [2.75, 3.05) is 12.0 Å². The van der Waals surface area contributed by atoms with E-state index in [1.807, 2.05) is 72.9 Å². The van der Waals surface area contributed by atoms with Crippen molar-refractivity contribution >= 4 is 23.0 Å². The molecule has 0 bridgehead atoms. The SMILES string of the molecule is COc1ccc(Oc2ccc(N3C(=S)N[C@@H](c4ccccn4)[C@@H]3c3cccn3-c3ccccc3C)cc2)cc1. The summed E-state index contributed by atoms with van der Waals surface area (Å²) < 4.78 is 13.6. The molecule has 194 valence electrons. The molecule has 0 unspecified atom stereocenters. The van der Waals surface area contributed by atoms with Crippen LogP contribution in [-0.4, -0.2) is 21.8 Å². The first-order valence-corrected chi connectivity index (χ1v) is 13.2. The van der Waals surface area contributed by atoms with Crippen LogP contribution in [0, 0.1) is 6.92 Å². The Morgan fingerprint density at radius 1 is 0.795 bits per heavy atom. The molecule has 39 heavy (non-hydrogen) atoms. The van der Waals surface area contributed by atoms with Gasteiger partial charge in [0, 0.05) is 29.5 Å². The van der Waals surface area contributed by atoms with E-state index in [0.29, 0.717) is 5.11 Å². The van der Waals surface area contributed by atoms with Crippen LogP contribution in [0.2, 0.25) is 0 Å². The lowest BCUT2D eigenvalue weighted by molar-refractivity contribution is 0.413. The van der Waals surface area contributed by atoms with Gasteiger partial charge in [0.2, 0.25) is 0 Å². The van der Waals surface area contributed by atoms with Crippen molar-refractivity contribution in [3.8, 4) is 22.9 Å². The molecule has 3 heterocycles. The van der Waals surface area contributed by atoms with Gasteiger partial charge in [-0.3, -0.25) is 4.98 Å². The number of anilines is 1. The van der Waals surface area contributed by atoms with E-state index >= 15 is 0 Å². The molecular formula is C32H28N4O2S. The fourth-order valence-corrected chi connectivity index (χ4v) is 5.42. The van der Waals surface area contributed by atoms with Crippen LogP contribution in [0.4, 0.5) is 5.69 Å². The Labute approximate surface area is 233 Å². The maximum absolute atomic E-state index is 6.07. The average Bonchev–Trinajstić information content (AvgIpc) is 3.59. The largest absolute Gasteiger partial charge is 0.497 e. The topological polar surface area (TPSA) is 51.6 Å². The van der Waals surface area contributed by atoms with Crippen molar-refractivity contribution in [2.45, 2.75) is 19.0 Å². The second-order valence-corrected chi connectivity index (χ2v) is 9.74. The molecule has 0 aliphatic carbocycles. The zero-order valence-corrected chi connectivity index (χ0v) is 22.5. The number of benzene rings is 3. The predicted molar refractivity (Wildman–Crippen MR) is 158 cm³/mol. The second kappa shape index (κ2) is 10.6. The molecule has 2 aromatic heterocycles. The minimum absolute atomic E-state index is 0.129. The molecule has 1 N–H and O–H groups in total. The number of hydrogen-bond donors (Lipinski definition) is 1. The van der Waals surface area contributed by atoms with Gasteiger partial charge in [-0.25, -0.2) is 0 Å². The number of methoxy groups -OCH3 is 1. The highest BCUT2D eigenvalue weighted by Crippen LogP contribution is 2.43. The third-order valence-corrected chi connectivity index (χ3v) is 7.28. The van der Waals surface area contributed by atoms with E-state index in [1.54, 1.807) is 7.11 Å². The highest BCUT2D eigenvalue weighted by molar-refractivity contribution is 7.80. The van der Waals surface area contributed by atoms with E-state index in [4.69, 9.17) is 21.7 Å². The first-order chi connectivity index (χ1) is 19.1. The van der Waals surface area contributed by atoms with Crippen LogP contribution in [0.25, 0.3) is 5.69 Å². The lowest BCUT2D eigenvalue weighted by atomic mass is 10.0. The molecule has 0 radical (unpaired) electrons. The van der Waals surface area contributed by atoms with Gasteiger partial charge in [0.15, 0.2) is 5.11 Å². The fraction of sp³-hybridized carbons (Fsp3) is 0.125. The molecule has 1 saturated heterocycles. The summed E-state index contributed by atoms with van der Waals surface area (Å²) in [6, 6.07) is 33.9. The molecule has 0 spiro atoms. The molecule has 1 fully saturated rings. The summed E-state index contributed by atoms with van der Waals surface area (Å²) >= 11 is 5.93. The van der Waals surface area contributed by atoms with Crippen molar-refractivity contribution < 1.29 is 9.47 Å². The van der Waals surface area contributed by atoms with Gasteiger partial charge in [-0.2, -0.15) is 0 Å². The number of aryl methyl sites for hydroxylation is 1. The van der Waals surface area contributed by atoms with Gasteiger partial charge in [-0.15, -0.1) is 0 Å². The number of ether oxygens (including phenoxy) is 2. The van der Waals surface area contributed by atoms with E-state index in [9.17, 15) is 0 Å². The summed E-state index contributed by atoms with van der Waals surface area (Å²) in [6.07, 6.45) is 3.93. The Kier molecular flexibility index (Phi) is 6.73. The predicted octanol–water partition coefficient (Wildman–Crippen LogP) is 7.16. The maximum atomic E-state index is 6.07. The Morgan fingerprint density at radius 2 is 1.49 bits per heavy atom. The lowest BCUT2D eigenvalue weighted by Crippen LogP contribution is -2.30. The van der Waals surface area contributed by atoms with Crippen LogP contribution in [-0.2, 0) is 0 Å². The van der Waals surface area contributed by atoms with E-state index in [0.717, 1.165) is 40.0 Å². The van der Waals surface area contributed by atoms with Gasteiger partial charge >= 0.3 is 0 Å². The number of rotatable bonds is 7. The van der Waals surface area contributed by atoms with Crippen LogP contribution >= 0.6 is 12.2 Å². The standard InChI is InChI=1S/C32H28N4O2S/c1-22-8-3-4-10-28(22)35-21-7-11-29(35)31-30(27-9-5-6-20-33-27)34-32(39)36(31)23-12-14-25(15-13-23)38-26-18-16-24(37-2)17-19-26/h3-21,30-31H,1-2H3,(H,34,39)/t30-,31-/m0/s1. The van der Waals surface area contributed by atoms with Crippen molar-refractivity contribution in [1.29, 1.82) is 0 Å². The first kappa shape index (κ1) is 24.7. The molecule has 0 amide bonds. The fourth-order valence-electron chi connectivity index (χ4n) is 5.08. The highest BCUT2D eigenvalue weighted by Gasteiger charge is 2.42. The van der Waals surface area contributed by atoms with E-state index in [1.165, 1.54) is 5.56 Å². The number of hydrogen-bond acceptors (Lipinski definition) is 4. The van der Waals surface area contributed by atoms with Crippen LogP contribution in [0.3, 0.4) is 0 Å². The third kappa shape index (κ3) is 4.84. The number of thiocarbonyl (C=S) groups is 1. The summed E-state index contributed by atoms with van der Waals surface area (Å²) in [5.74, 6) is 2.27. The molecule has 1 aliphatic rings. The molecule has 5 aromatic rings. The van der Waals surface area contributed by atoms with Crippen molar-refractivity contribution in [1.82, 2.24) is 14.9 Å². The molecule has 0 saturated carbocycles. The van der Waals surface area contributed by atoms with Gasteiger partial charge < -0.3 is 24.3 Å². The van der Waals surface area contributed by atoms with Gasteiger partial charge in [-0.05, 0) is 104 Å². The minimum Gasteiger partial charge on any atom is -0.497 e. The zero-order valence-electron chi connectivity index (χ0n) is 21.7. The van der Waals surface area contributed by atoms with Crippen LogP contribution in [0.15, 0.2) is 116 Å². The molecular weight excluding hydrogens is 504 g/mol. The third-order valence-electron chi connectivity index (χ3n) is 6.97. The molecule has 1 aliphatic heterocycles. The van der Waals surface area contributed by atoms with Crippen molar-refractivity contribution in [3.05, 3.63) is 132 Å². The van der Waals surface area contributed by atoms with Crippen LogP contribution < -0.4 is 19.7 Å². The normalized spacial score (nSPS) is 16.7. The number of pyridine rings is 1. The smallest absolute Gasteiger partial charge is 0.174 e. The Balaban J connectivity index is 1.37. The molecule has 3 aromatic carbocycles. The van der Waals surface area contributed by atoms with Gasteiger partial charge in [0.25, 0.3) is 0 Å². The Hall–Kier alpha value is -4.62. The maximum Gasteiger partial charge on any atom is 0.174 e. The average molecular weight is 533 g/mol. The van der Waals surface area contributed by atoms with Crippen LogP contribution in [0.1, 0.15) is 29.0 Å². The Bertz CT molecular complexity index is 1580. The van der Waals surface area contributed by atoms with Gasteiger partial charge in [-0.1, -0.05) is 24.3 Å². The summed E-state index contributed by atoms with van der Waals surface area (Å²) in [6.45, 7) is 2.13. The summed E-state index contributed by atoms with van der Waals surface area (Å²) in [7, 11) is 1.65. The zero-order chi connectivity index (χ0) is 26.8. The monoisotopic (exact) mass is 532 g/mol. The minimum atomic E-state index is -0.133. The number of nitrogens with one attached hydrogen (secondary N) is 1. The number of nitrogens with zero attached hydrogens (tertiary/aromatic N) is 3.